The third-order valence-electron chi connectivity index (χ3n) is 3.10. The van der Waals surface area contributed by atoms with Crippen molar-refractivity contribution in [3.8, 4) is 5.75 Å². The molecule has 6 nitrogen and oxygen atoms in total. The number of anilines is 1. The Kier molecular flexibility index (Phi) is 6.61. The van der Waals surface area contributed by atoms with Gasteiger partial charge in [-0.3, -0.25) is 4.79 Å². The van der Waals surface area contributed by atoms with Gasteiger partial charge in [0.05, 0.1) is 10.0 Å². The molecule has 1 aromatic heterocycles. The zero-order valence-electron chi connectivity index (χ0n) is 13.5. The minimum absolute atomic E-state index is 0.132. The van der Waals surface area contributed by atoms with Gasteiger partial charge in [0, 0.05) is 6.20 Å². The molecule has 0 unspecified atom stereocenters. The van der Waals surface area contributed by atoms with E-state index in [9.17, 15) is 9.59 Å². The van der Waals surface area contributed by atoms with Crippen LogP contribution in [0, 0.1) is 0 Å². The van der Waals surface area contributed by atoms with Crippen LogP contribution in [0.4, 0.5) is 5.82 Å². The molecule has 0 fully saturated rings. The predicted molar refractivity (Wildman–Crippen MR) is 95.0 cm³/mol. The van der Waals surface area contributed by atoms with Crippen molar-refractivity contribution in [2.45, 2.75) is 26.1 Å². The zero-order valence-corrected chi connectivity index (χ0v) is 15.0. The lowest BCUT2D eigenvalue weighted by atomic mass is 10.3. The molecule has 25 heavy (non-hydrogen) atoms. The lowest BCUT2D eigenvalue weighted by Gasteiger charge is -2.17. The number of halogens is 2. The third-order valence-corrected chi connectivity index (χ3v) is 3.59. The first kappa shape index (κ1) is 19.0. The predicted octanol–water partition coefficient (Wildman–Crippen LogP) is 3.73. The number of esters is 1. The Bertz CT molecular complexity index is 756. The van der Waals surface area contributed by atoms with Crippen LogP contribution in [0.15, 0.2) is 42.6 Å². The van der Waals surface area contributed by atoms with Crippen molar-refractivity contribution in [1.29, 1.82) is 0 Å². The summed E-state index contributed by atoms with van der Waals surface area (Å²) in [4.78, 5) is 28.1. The van der Waals surface area contributed by atoms with E-state index in [0.717, 1.165) is 0 Å². The van der Waals surface area contributed by atoms with Crippen LogP contribution < -0.4 is 10.1 Å². The Labute approximate surface area is 155 Å². The standard InChI is InChI=1S/C17H16Cl2N2O4/c1-10(16(22)21-15-14(19)8-12(18)9-20-15)25-17(23)11(2)24-13-6-4-3-5-7-13/h3-11H,1-2H3,(H,20,21,22)/t10-,11-/m1/s1. The van der Waals surface area contributed by atoms with Gasteiger partial charge in [0.15, 0.2) is 18.0 Å². The van der Waals surface area contributed by atoms with Gasteiger partial charge in [-0.15, -0.1) is 0 Å². The van der Waals surface area contributed by atoms with Gasteiger partial charge in [-0.05, 0) is 32.0 Å². The van der Waals surface area contributed by atoms with Crippen molar-refractivity contribution >= 4 is 40.9 Å². The lowest BCUT2D eigenvalue weighted by molar-refractivity contribution is -0.159. The van der Waals surface area contributed by atoms with Gasteiger partial charge < -0.3 is 14.8 Å². The van der Waals surface area contributed by atoms with E-state index in [1.807, 2.05) is 6.07 Å². The van der Waals surface area contributed by atoms with Gasteiger partial charge in [0.1, 0.15) is 5.75 Å². The van der Waals surface area contributed by atoms with Crippen molar-refractivity contribution in [2.75, 3.05) is 5.32 Å². The number of nitrogens with one attached hydrogen (secondary N) is 1. The van der Waals surface area contributed by atoms with E-state index in [1.165, 1.54) is 26.1 Å². The molecule has 0 saturated carbocycles. The van der Waals surface area contributed by atoms with Crippen LogP contribution in [0.25, 0.3) is 0 Å². The van der Waals surface area contributed by atoms with Crippen molar-refractivity contribution < 1.29 is 19.1 Å². The first-order valence-electron chi connectivity index (χ1n) is 7.41. The van der Waals surface area contributed by atoms with Crippen LogP contribution in [0.3, 0.4) is 0 Å². The SMILES string of the molecule is C[C@@H](OC(=O)[C@@H](C)Oc1ccccc1)C(=O)Nc1ncc(Cl)cc1Cl. The summed E-state index contributed by atoms with van der Waals surface area (Å²) in [6, 6.07) is 10.3. The van der Waals surface area contributed by atoms with E-state index in [4.69, 9.17) is 32.7 Å². The first-order valence-corrected chi connectivity index (χ1v) is 8.16. The summed E-state index contributed by atoms with van der Waals surface area (Å²) in [5.41, 5.74) is 0. The molecule has 0 spiro atoms. The molecule has 8 heteroatoms. The van der Waals surface area contributed by atoms with Crippen LogP contribution in [-0.4, -0.2) is 29.1 Å². The molecule has 1 amide bonds. The Hall–Kier alpha value is -2.31. The molecule has 1 heterocycles. The van der Waals surface area contributed by atoms with Gasteiger partial charge in [0.2, 0.25) is 0 Å². The maximum absolute atomic E-state index is 12.1. The van der Waals surface area contributed by atoms with E-state index >= 15 is 0 Å². The molecule has 0 aliphatic carbocycles. The topological polar surface area (TPSA) is 77.5 Å². The minimum Gasteiger partial charge on any atom is -0.479 e. The first-order chi connectivity index (χ1) is 11.9. The van der Waals surface area contributed by atoms with E-state index in [1.54, 1.807) is 24.3 Å². The van der Waals surface area contributed by atoms with E-state index in [2.05, 4.69) is 10.3 Å². The summed E-state index contributed by atoms with van der Waals surface area (Å²) in [6.45, 7) is 2.98. The largest absolute Gasteiger partial charge is 0.479 e. The number of aromatic nitrogens is 1. The van der Waals surface area contributed by atoms with Crippen LogP contribution in [-0.2, 0) is 14.3 Å². The Balaban J connectivity index is 1.90. The fourth-order valence-corrected chi connectivity index (χ4v) is 2.23. The molecule has 1 aromatic carbocycles. The average molecular weight is 383 g/mol. The molecule has 132 valence electrons. The summed E-state index contributed by atoms with van der Waals surface area (Å²) in [7, 11) is 0. The molecule has 0 radical (unpaired) electrons. The smallest absolute Gasteiger partial charge is 0.347 e. The van der Waals surface area contributed by atoms with Crippen molar-refractivity contribution in [2.24, 2.45) is 0 Å². The maximum atomic E-state index is 12.1. The number of para-hydroxylation sites is 1. The number of nitrogens with zero attached hydrogens (tertiary/aromatic N) is 1. The minimum atomic E-state index is -1.05. The summed E-state index contributed by atoms with van der Waals surface area (Å²) >= 11 is 11.7. The number of carbonyl (C=O) groups excluding carboxylic acids is 2. The number of pyridine rings is 1. The molecule has 0 saturated heterocycles. The van der Waals surface area contributed by atoms with Gasteiger partial charge in [-0.2, -0.15) is 0 Å². The molecular formula is C17H16Cl2N2O4. The lowest BCUT2D eigenvalue weighted by Crippen LogP contribution is -2.35. The highest BCUT2D eigenvalue weighted by Gasteiger charge is 2.24. The van der Waals surface area contributed by atoms with Gasteiger partial charge in [-0.1, -0.05) is 41.4 Å². The molecule has 0 aliphatic heterocycles. The second kappa shape index (κ2) is 8.69. The molecule has 0 bridgehead atoms. The monoisotopic (exact) mass is 382 g/mol. The number of rotatable bonds is 6. The number of ether oxygens (including phenoxy) is 2. The highest BCUT2D eigenvalue weighted by molar-refractivity contribution is 6.36. The quantitative estimate of drug-likeness (QED) is 0.770. The summed E-state index contributed by atoms with van der Waals surface area (Å²) in [5, 5.41) is 3.00. The average Bonchev–Trinajstić information content (AvgIpc) is 2.58. The van der Waals surface area contributed by atoms with E-state index in [0.29, 0.717) is 10.8 Å². The van der Waals surface area contributed by atoms with E-state index < -0.39 is 24.1 Å². The summed E-state index contributed by atoms with van der Waals surface area (Å²) < 4.78 is 10.6. The Morgan fingerprint density at radius 1 is 1.12 bits per heavy atom. The van der Waals surface area contributed by atoms with Crippen molar-refractivity contribution in [1.82, 2.24) is 4.98 Å². The number of benzene rings is 1. The van der Waals surface area contributed by atoms with Gasteiger partial charge in [0.25, 0.3) is 5.91 Å². The second-order valence-electron chi connectivity index (χ2n) is 5.13. The number of carbonyl (C=O) groups is 2. The fourth-order valence-electron chi connectivity index (χ4n) is 1.80. The number of hydrogen-bond acceptors (Lipinski definition) is 5. The third kappa shape index (κ3) is 5.62. The van der Waals surface area contributed by atoms with E-state index in [-0.39, 0.29) is 10.8 Å². The summed E-state index contributed by atoms with van der Waals surface area (Å²) in [6.07, 6.45) is -0.576. The molecule has 1 N–H and O–H groups in total. The molecule has 0 aliphatic rings. The molecule has 2 rings (SSSR count). The fraction of sp³-hybridized carbons (Fsp3) is 0.235. The second-order valence-corrected chi connectivity index (χ2v) is 5.97. The Morgan fingerprint density at radius 3 is 2.44 bits per heavy atom. The summed E-state index contributed by atoms with van der Waals surface area (Å²) in [5.74, 6) is -0.576. The van der Waals surface area contributed by atoms with Crippen LogP contribution in [0.2, 0.25) is 10.0 Å². The van der Waals surface area contributed by atoms with Crippen molar-refractivity contribution in [3.05, 3.63) is 52.6 Å². The number of hydrogen-bond donors (Lipinski definition) is 1. The van der Waals surface area contributed by atoms with Crippen LogP contribution >= 0.6 is 23.2 Å². The molecular weight excluding hydrogens is 367 g/mol. The highest BCUT2D eigenvalue weighted by Crippen LogP contribution is 2.22. The maximum Gasteiger partial charge on any atom is 0.347 e. The highest BCUT2D eigenvalue weighted by atomic mass is 35.5. The normalized spacial score (nSPS) is 12.8. The van der Waals surface area contributed by atoms with Gasteiger partial charge in [-0.25, -0.2) is 9.78 Å². The number of amides is 1. The molecule has 2 aromatic rings. The Morgan fingerprint density at radius 2 is 1.80 bits per heavy atom. The van der Waals surface area contributed by atoms with Gasteiger partial charge >= 0.3 is 5.97 Å². The zero-order chi connectivity index (χ0) is 18.4. The van der Waals surface area contributed by atoms with Crippen LogP contribution in [0.5, 0.6) is 5.75 Å². The van der Waals surface area contributed by atoms with Crippen LogP contribution in [0.1, 0.15) is 13.8 Å². The van der Waals surface area contributed by atoms with Crippen molar-refractivity contribution in [3.63, 3.8) is 0 Å². The molecule has 2 atom stereocenters.